The summed E-state index contributed by atoms with van der Waals surface area (Å²) in [7, 11) is 0. The Morgan fingerprint density at radius 2 is 1.50 bits per heavy atom. The average Bonchev–Trinajstić information content (AvgIpc) is 2.79. The fraction of sp³-hybridized carbons (Fsp3) is 0. The third-order valence-electron chi connectivity index (χ3n) is 2.81. The topological polar surface area (TPSA) is 28.7 Å². The van der Waals surface area contributed by atoms with Gasteiger partial charge in [0.1, 0.15) is 5.82 Å². The van der Waals surface area contributed by atoms with E-state index in [-0.39, 0.29) is 22.4 Å². The van der Waals surface area contributed by atoms with Crippen molar-refractivity contribution in [1.82, 2.24) is 9.97 Å². The van der Waals surface area contributed by atoms with Crippen molar-refractivity contribution in [2.24, 2.45) is 0 Å². The first-order valence-electron chi connectivity index (χ1n) is 5.46. The van der Waals surface area contributed by atoms with Gasteiger partial charge in [-0.3, -0.25) is 0 Å². The number of aromatic nitrogens is 2. The van der Waals surface area contributed by atoms with Crippen molar-refractivity contribution in [1.29, 1.82) is 0 Å². The molecular formula is C13H5F5N2. The third-order valence-corrected chi connectivity index (χ3v) is 2.81. The van der Waals surface area contributed by atoms with Gasteiger partial charge in [-0.05, 0) is 12.1 Å². The van der Waals surface area contributed by atoms with Crippen LogP contribution in [0.1, 0.15) is 0 Å². The summed E-state index contributed by atoms with van der Waals surface area (Å²) in [6.45, 7) is 0. The van der Waals surface area contributed by atoms with Gasteiger partial charge in [0, 0.05) is 12.1 Å². The highest BCUT2D eigenvalue weighted by molar-refractivity contribution is 5.79. The van der Waals surface area contributed by atoms with E-state index in [9.17, 15) is 22.0 Å². The van der Waals surface area contributed by atoms with Crippen LogP contribution in [0.3, 0.4) is 0 Å². The van der Waals surface area contributed by atoms with E-state index in [2.05, 4.69) is 9.97 Å². The first-order valence-corrected chi connectivity index (χ1v) is 5.46. The Morgan fingerprint density at radius 1 is 0.800 bits per heavy atom. The highest BCUT2D eigenvalue weighted by Gasteiger charge is 2.18. The van der Waals surface area contributed by atoms with Gasteiger partial charge in [-0.15, -0.1) is 0 Å². The molecule has 0 saturated carbocycles. The molecule has 3 aromatic rings. The second-order valence-electron chi connectivity index (χ2n) is 4.09. The van der Waals surface area contributed by atoms with Crippen molar-refractivity contribution in [2.75, 3.05) is 0 Å². The molecule has 2 aromatic carbocycles. The van der Waals surface area contributed by atoms with Crippen LogP contribution in [0.2, 0.25) is 0 Å². The molecule has 0 bridgehead atoms. The maximum atomic E-state index is 13.6. The number of hydrogen-bond acceptors (Lipinski definition) is 1. The summed E-state index contributed by atoms with van der Waals surface area (Å²) in [6.07, 6.45) is 0. The molecule has 0 radical (unpaired) electrons. The van der Waals surface area contributed by atoms with Gasteiger partial charge in [-0.2, -0.15) is 0 Å². The Bertz CT molecular complexity index is 786. The van der Waals surface area contributed by atoms with E-state index in [0.717, 1.165) is 24.3 Å². The zero-order valence-electron chi connectivity index (χ0n) is 9.65. The molecule has 0 saturated heterocycles. The molecule has 0 unspecified atom stereocenters. The Kier molecular flexibility index (Phi) is 2.70. The molecule has 3 rings (SSSR count). The average molecular weight is 284 g/mol. The van der Waals surface area contributed by atoms with E-state index in [1.807, 2.05) is 0 Å². The number of hydrogen-bond donors (Lipinski definition) is 1. The quantitative estimate of drug-likeness (QED) is 0.532. The summed E-state index contributed by atoms with van der Waals surface area (Å²) in [6, 6.07) is 3.39. The molecule has 0 fully saturated rings. The molecule has 1 heterocycles. The molecule has 0 atom stereocenters. The number of benzene rings is 2. The first kappa shape index (κ1) is 12.6. The van der Waals surface area contributed by atoms with Crippen LogP contribution in [-0.4, -0.2) is 9.97 Å². The maximum absolute atomic E-state index is 13.6. The molecule has 1 aromatic heterocycles. The van der Waals surface area contributed by atoms with E-state index < -0.39 is 29.1 Å². The van der Waals surface area contributed by atoms with Crippen molar-refractivity contribution in [3.05, 3.63) is 53.4 Å². The Labute approximate surface area is 108 Å². The molecule has 0 amide bonds. The predicted octanol–water partition coefficient (Wildman–Crippen LogP) is 3.93. The zero-order chi connectivity index (χ0) is 14.4. The molecule has 1 N–H and O–H groups in total. The van der Waals surface area contributed by atoms with Crippen molar-refractivity contribution in [3.63, 3.8) is 0 Å². The number of H-pyrrole nitrogens is 1. The van der Waals surface area contributed by atoms with Crippen LogP contribution < -0.4 is 0 Å². The van der Waals surface area contributed by atoms with Crippen molar-refractivity contribution < 1.29 is 22.0 Å². The van der Waals surface area contributed by atoms with Gasteiger partial charge >= 0.3 is 0 Å². The summed E-state index contributed by atoms with van der Waals surface area (Å²) >= 11 is 0. The van der Waals surface area contributed by atoms with E-state index in [1.54, 1.807) is 0 Å². The minimum absolute atomic E-state index is 0.0445. The fourth-order valence-corrected chi connectivity index (χ4v) is 1.84. The second-order valence-corrected chi connectivity index (χ2v) is 4.09. The molecule has 0 aliphatic heterocycles. The number of nitrogens with zero attached hydrogens (tertiary/aromatic N) is 1. The summed E-state index contributed by atoms with van der Waals surface area (Å²) in [5.74, 6) is -6.76. The van der Waals surface area contributed by atoms with Gasteiger partial charge in [-0.25, -0.2) is 26.9 Å². The van der Waals surface area contributed by atoms with Gasteiger partial charge in [-0.1, -0.05) is 0 Å². The number of fused-ring (bicyclic) bond motifs is 1. The van der Waals surface area contributed by atoms with E-state index in [1.165, 1.54) is 0 Å². The molecule has 0 aliphatic carbocycles. The van der Waals surface area contributed by atoms with E-state index in [4.69, 9.17) is 0 Å². The van der Waals surface area contributed by atoms with Crippen LogP contribution in [0.15, 0.2) is 24.3 Å². The van der Waals surface area contributed by atoms with Crippen LogP contribution in [0.5, 0.6) is 0 Å². The summed E-state index contributed by atoms with van der Waals surface area (Å²) in [4.78, 5) is 6.35. The second kappa shape index (κ2) is 4.29. The fourth-order valence-electron chi connectivity index (χ4n) is 1.84. The largest absolute Gasteiger partial charge is 0.338 e. The number of imidazole rings is 1. The lowest BCUT2D eigenvalue weighted by atomic mass is 10.2. The Morgan fingerprint density at radius 3 is 2.25 bits per heavy atom. The van der Waals surface area contributed by atoms with Crippen LogP contribution in [0.25, 0.3) is 22.4 Å². The monoisotopic (exact) mass is 284 g/mol. The lowest BCUT2D eigenvalue weighted by molar-refractivity contribution is 0.448. The number of aromatic amines is 1. The van der Waals surface area contributed by atoms with Crippen molar-refractivity contribution >= 4 is 11.0 Å². The summed E-state index contributed by atoms with van der Waals surface area (Å²) in [5, 5.41) is 0. The number of rotatable bonds is 1. The van der Waals surface area contributed by atoms with Crippen molar-refractivity contribution in [3.8, 4) is 11.4 Å². The SMILES string of the molecule is Fc1cc2nc(-c3ccc(F)c(F)c3F)[nH]c2cc1F. The Balaban J connectivity index is 2.23. The minimum atomic E-state index is -1.64. The van der Waals surface area contributed by atoms with Crippen LogP contribution >= 0.6 is 0 Å². The Hall–Kier alpha value is -2.44. The van der Waals surface area contributed by atoms with Gasteiger partial charge < -0.3 is 4.98 Å². The predicted molar refractivity (Wildman–Crippen MR) is 61.3 cm³/mol. The molecule has 0 aliphatic rings. The molecule has 0 spiro atoms. The molecule has 102 valence electrons. The smallest absolute Gasteiger partial charge is 0.195 e. The van der Waals surface area contributed by atoms with Crippen molar-refractivity contribution in [2.45, 2.75) is 0 Å². The van der Waals surface area contributed by atoms with Crippen LogP contribution in [-0.2, 0) is 0 Å². The number of halogens is 5. The molecule has 2 nitrogen and oxygen atoms in total. The van der Waals surface area contributed by atoms with Crippen LogP contribution in [0, 0.1) is 29.1 Å². The molecule has 7 heteroatoms. The van der Waals surface area contributed by atoms with Gasteiger partial charge in [0.25, 0.3) is 0 Å². The summed E-state index contributed by atoms with van der Waals surface area (Å²) < 4.78 is 65.7. The van der Waals surface area contributed by atoms with Crippen LogP contribution in [0.4, 0.5) is 22.0 Å². The lowest BCUT2D eigenvalue weighted by Gasteiger charge is -2.00. The maximum Gasteiger partial charge on any atom is 0.195 e. The summed E-state index contributed by atoms with van der Waals surface area (Å²) in [5.41, 5.74) is -0.174. The molecule has 20 heavy (non-hydrogen) atoms. The van der Waals surface area contributed by atoms with E-state index in [0.29, 0.717) is 0 Å². The van der Waals surface area contributed by atoms with E-state index >= 15 is 0 Å². The first-order chi connectivity index (χ1) is 9.47. The normalized spacial score (nSPS) is 11.2. The number of nitrogens with one attached hydrogen (secondary N) is 1. The standard InChI is InChI=1S/C13H5F5N2/c14-6-2-1-5(11(17)12(6)18)13-19-9-3-7(15)8(16)4-10(9)20-13/h1-4H,(H,19,20). The molecular weight excluding hydrogens is 279 g/mol. The highest BCUT2D eigenvalue weighted by Crippen LogP contribution is 2.26. The van der Waals surface area contributed by atoms with Gasteiger partial charge in [0.05, 0.1) is 16.6 Å². The van der Waals surface area contributed by atoms with Gasteiger partial charge in [0.15, 0.2) is 29.1 Å². The third kappa shape index (κ3) is 1.82. The lowest BCUT2D eigenvalue weighted by Crippen LogP contribution is -1.94. The van der Waals surface area contributed by atoms with Gasteiger partial charge in [0.2, 0.25) is 0 Å². The zero-order valence-corrected chi connectivity index (χ0v) is 9.65. The highest BCUT2D eigenvalue weighted by atomic mass is 19.2. The minimum Gasteiger partial charge on any atom is -0.338 e.